The van der Waals surface area contributed by atoms with E-state index in [2.05, 4.69) is 42.0 Å². The Morgan fingerprint density at radius 3 is 2.78 bits per heavy atom. The molecule has 0 spiro atoms. The van der Waals surface area contributed by atoms with Gasteiger partial charge in [0, 0.05) is 4.88 Å². The second-order valence-electron chi connectivity index (χ2n) is 4.91. The minimum Gasteiger partial charge on any atom is -0.271 e. The van der Waals surface area contributed by atoms with Crippen LogP contribution in [-0.4, -0.2) is 0 Å². The molecule has 2 aromatic rings. The van der Waals surface area contributed by atoms with E-state index in [4.69, 9.17) is 5.84 Å². The zero-order chi connectivity index (χ0) is 12.5. The third-order valence-corrected chi connectivity index (χ3v) is 4.69. The van der Waals surface area contributed by atoms with Crippen molar-refractivity contribution in [3.63, 3.8) is 0 Å². The van der Waals surface area contributed by atoms with E-state index in [0.29, 0.717) is 0 Å². The van der Waals surface area contributed by atoms with Crippen LogP contribution in [-0.2, 0) is 12.8 Å². The maximum absolute atomic E-state index is 5.76. The van der Waals surface area contributed by atoms with Crippen molar-refractivity contribution in [1.29, 1.82) is 0 Å². The number of hydrogen-bond donors (Lipinski definition) is 2. The van der Waals surface area contributed by atoms with E-state index in [1.165, 1.54) is 46.4 Å². The van der Waals surface area contributed by atoms with Crippen molar-refractivity contribution < 1.29 is 0 Å². The summed E-state index contributed by atoms with van der Waals surface area (Å²) in [5.74, 6) is 5.76. The Labute approximate surface area is 112 Å². The molecule has 18 heavy (non-hydrogen) atoms. The zero-order valence-corrected chi connectivity index (χ0v) is 11.4. The lowest BCUT2D eigenvalue weighted by Gasteiger charge is -2.17. The molecule has 0 fully saturated rings. The number of thiophene rings is 1. The first-order valence-corrected chi connectivity index (χ1v) is 7.29. The predicted octanol–water partition coefficient (Wildman–Crippen LogP) is 3.10. The first-order chi connectivity index (χ1) is 8.79. The molecule has 0 saturated carbocycles. The monoisotopic (exact) mass is 258 g/mol. The Kier molecular flexibility index (Phi) is 3.20. The lowest BCUT2D eigenvalue weighted by Crippen LogP contribution is -2.29. The summed E-state index contributed by atoms with van der Waals surface area (Å²) in [6.07, 6.45) is 3.73. The van der Waals surface area contributed by atoms with Gasteiger partial charge in [-0.05, 0) is 59.9 Å². The Bertz CT molecular complexity index is 559. The lowest BCUT2D eigenvalue weighted by atomic mass is 9.96. The smallest absolute Gasteiger partial charge is 0.0720 e. The van der Waals surface area contributed by atoms with Gasteiger partial charge in [0.25, 0.3) is 0 Å². The number of hydrogen-bond acceptors (Lipinski definition) is 3. The average molecular weight is 258 g/mol. The van der Waals surface area contributed by atoms with E-state index in [-0.39, 0.29) is 6.04 Å². The highest BCUT2D eigenvalue weighted by Gasteiger charge is 2.18. The van der Waals surface area contributed by atoms with Crippen LogP contribution >= 0.6 is 11.3 Å². The van der Waals surface area contributed by atoms with Gasteiger partial charge < -0.3 is 0 Å². The van der Waals surface area contributed by atoms with Crippen molar-refractivity contribution in [3.05, 3.63) is 56.8 Å². The molecule has 1 atom stereocenters. The molecule has 1 unspecified atom stereocenters. The van der Waals surface area contributed by atoms with Gasteiger partial charge in [-0.15, -0.1) is 11.3 Å². The van der Waals surface area contributed by atoms with E-state index in [1.54, 1.807) is 11.3 Å². The molecular formula is C15H18N2S. The third kappa shape index (κ3) is 1.99. The van der Waals surface area contributed by atoms with Crippen LogP contribution in [0.25, 0.3) is 0 Å². The van der Waals surface area contributed by atoms with Crippen LogP contribution in [0.15, 0.2) is 29.6 Å². The molecular weight excluding hydrogens is 240 g/mol. The summed E-state index contributed by atoms with van der Waals surface area (Å²) in [6, 6.07) is 9.08. The topological polar surface area (TPSA) is 38.0 Å². The van der Waals surface area contributed by atoms with E-state index in [1.807, 2.05) is 0 Å². The molecule has 3 N–H and O–H groups in total. The summed E-state index contributed by atoms with van der Waals surface area (Å²) in [4.78, 5) is 1.33. The molecule has 0 radical (unpaired) electrons. The van der Waals surface area contributed by atoms with Crippen LogP contribution in [0.4, 0.5) is 0 Å². The average Bonchev–Trinajstić information content (AvgIpc) is 2.99. The molecule has 1 aliphatic rings. The fraction of sp³-hybridized carbons (Fsp3) is 0.333. The van der Waals surface area contributed by atoms with Gasteiger partial charge >= 0.3 is 0 Å². The van der Waals surface area contributed by atoms with E-state index < -0.39 is 0 Å². The number of benzene rings is 1. The summed E-state index contributed by atoms with van der Waals surface area (Å²) in [5.41, 5.74) is 8.54. The van der Waals surface area contributed by atoms with Crippen molar-refractivity contribution in [2.75, 3.05) is 0 Å². The maximum Gasteiger partial charge on any atom is 0.0720 e. The highest BCUT2D eigenvalue weighted by molar-refractivity contribution is 7.10. The Morgan fingerprint density at radius 1 is 1.22 bits per heavy atom. The first-order valence-electron chi connectivity index (χ1n) is 6.41. The van der Waals surface area contributed by atoms with Gasteiger partial charge in [-0.3, -0.25) is 5.84 Å². The van der Waals surface area contributed by atoms with Gasteiger partial charge in [0.2, 0.25) is 0 Å². The minimum absolute atomic E-state index is 0.113. The van der Waals surface area contributed by atoms with Crippen LogP contribution in [0.1, 0.15) is 39.6 Å². The molecule has 0 saturated heterocycles. The van der Waals surface area contributed by atoms with E-state index in [9.17, 15) is 0 Å². The highest BCUT2D eigenvalue weighted by Crippen LogP contribution is 2.31. The number of nitrogens with one attached hydrogen (secondary N) is 1. The lowest BCUT2D eigenvalue weighted by molar-refractivity contribution is 0.635. The van der Waals surface area contributed by atoms with Crippen molar-refractivity contribution >= 4 is 11.3 Å². The first kappa shape index (κ1) is 11.9. The van der Waals surface area contributed by atoms with Crippen molar-refractivity contribution in [2.45, 2.75) is 32.2 Å². The molecule has 0 bridgehead atoms. The third-order valence-electron chi connectivity index (χ3n) is 3.83. The number of fused-ring (bicyclic) bond motifs is 1. The van der Waals surface area contributed by atoms with Crippen molar-refractivity contribution in [2.24, 2.45) is 5.84 Å². The molecule has 3 heteroatoms. The number of hydrazine groups is 1. The summed E-state index contributed by atoms with van der Waals surface area (Å²) in [6.45, 7) is 2.15. The second kappa shape index (κ2) is 4.84. The van der Waals surface area contributed by atoms with Crippen LogP contribution in [0, 0.1) is 6.92 Å². The number of aryl methyl sites for hydroxylation is 3. The number of nitrogens with two attached hydrogens (primary N) is 1. The Balaban J connectivity index is 2.00. The molecule has 1 aromatic heterocycles. The standard InChI is InChI=1S/C15H18N2S/c1-10-14(7-8-18-10)15(17-16)13-6-5-11-3-2-4-12(11)9-13/h5-9,15,17H,2-4,16H2,1H3. The molecule has 1 heterocycles. The molecule has 1 aliphatic carbocycles. The minimum atomic E-state index is 0.113. The van der Waals surface area contributed by atoms with Crippen LogP contribution in [0.2, 0.25) is 0 Å². The zero-order valence-electron chi connectivity index (χ0n) is 10.6. The normalized spacial score (nSPS) is 15.7. The molecule has 94 valence electrons. The Morgan fingerprint density at radius 2 is 2.06 bits per heavy atom. The molecule has 0 amide bonds. The quantitative estimate of drug-likeness (QED) is 0.656. The summed E-state index contributed by atoms with van der Waals surface area (Å²) in [7, 11) is 0. The summed E-state index contributed by atoms with van der Waals surface area (Å²) in [5, 5.41) is 2.13. The second-order valence-corrected chi connectivity index (χ2v) is 6.03. The van der Waals surface area contributed by atoms with Crippen molar-refractivity contribution in [1.82, 2.24) is 5.43 Å². The van der Waals surface area contributed by atoms with Crippen molar-refractivity contribution in [3.8, 4) is 0 Å². The summed E-state index contributed by atoms with van der Waals surface area (Å²) >= 11 is 1.77. The number of rotatable bonds is 3. The van der Waals surface area contributed by atoms with Crippen LogP contribution in [0.5, 0.6) is 0 Å². The summed E-state index contributed by atoms with van der Waals surface area (Å²) < 4.78 is 0. The van der Waals surface area contributed by atoms with Gasteiger partial charge in [-0.2, -0.15) is 0 Å². The predicted molar refractivity (Wildman–Crippen MR) is 76.7 cm³/mol. The van der Waals surface area contributed by atoms with Gasteiger partial charge in [-0.1, -0.05) is 18.2 Å². The van der Waals surface area contributed by atoms with Gasteiger partial charge in [-0.25, -0.2) is 5.43 Å². The van der Waals surface area contributed by atoms with Crippen LogP contribution in [0.3, 0.4) is 0 Å². The molecule has 2 nitrogen and oxygen atoms in total. The van der Waals surface area contributed by atoms with Gasteiger partial charge in [0.05, 0.1) is 6.04 Å². The largest absolute Gasteiger partial charge is 0.271 e. The highest BCUT2D eigenvalue weighted by atomic mass is 32.1. The van der Waals surface area contributed by atoms with Gasteiger partial charge in [0.1, 0.15) is 0 Å². The maximum atomic E-state index is 5.76. The molecule has 3 rings (SSSR count). The SMILES string of the molecule is Cc1sccc1C(NN)c1ccc2c(c1)CCC2. The van der Waals surface area contributed by atoms with E-state index >= 15 is 0 Å². The van der Waals surface area contributed by atoms with Gasteiger partial charge in [0.15, 0.2) is 0 Å². The fourth-order valence-electron chi connectivity index (χ4n) is 2.83. The van der Waals surface area contributed by atoms with E-state index in [0.717, 1.165) is 0 Å². The Hall–Kier alpha value is -1.16. The van der Waals surface area contributed by atoms with Crippen LogP contribution < -0.4 is 11.3 Å². The molecule has 1 aromatic carbocycles. The fourth-order valence-corrected chi connectivity index (χ4v) is 3.57. The molecule has 0 aliphatic heterocycles.